The summed E-state index contributed by atoms with van der Waals surface area (Å²) < 4.78 is 24.8. The number of esters is 3. The van der Waals surface area contributed by atoms with E-state index in [0.29, 0.717) is 24.3 Å². The second kappa shape index (κ2) is 12.3. The van der Waals surface area contributed by atoms with Crippen molar-refractivity contribution in [1.29, 1.82) is 0 Å². The topological polar surface area (TPSA) is 135 Å². The summed E-state index contributed by atoms with van der Waals surface area (Å²) in [5, 5.41) is 3.06. The van der Waals surface area contributed by atoms with Crippen LogP contribution in [-0.2, 0) is 25.4 Å². The maximum atomic E-state index is 13.3. The average molecular weight is 582 g/mol. The van der Waals surface area contributed by atoms with E-state index < -0.39 is 48.1 Å². The summed E-state index contributed by atoms with van der Waals surface area (Å²) in [6.45, 7) is 0.254. The van der Waals surface area contributed by atoms with Crippen molar-refractivity contribution in [2.45, 2.75) is 31.0 Å². The number of carbonyl (C=O) groups is 3. The van der Waals surface area contributed by atoms with Gasteiger partial charge in [0.05, 0.1) is 16.7 Å². The highest BCUT2D eigenvalue weighted by atomic mass is 16.7. The van der Waals surface area contributed by atoms with Gasteiger partial charge >= 0.3 is 23.6 Å². The maximum absolute atomic E-state index is 13.3. The molecule has 0 saturated carbocycles. The summed E-state index contributed by atoms with van der Waals surface area (Å²) in [6.07, 6.45) is -2.69. The monoisotopic (exact) mass is 581 g/mol. The number of anilines is 1. The molecule has 11 heteroatoms. The van der Waals surface area contributed by atoms with E-state index in [1.54, 1.807) is 97.2 Å². The summed E-state index contributed by atoms with van der Waals surface area (Å²) in [6, 6.07) is 24.9. The molecular formula is C32H27N3O8. The summed E-state index contributed by atoms with van der Waals surface area (Å²) >= 11 is 0. The van der Waals surface area contributed by atoms with Crippen LogP contribution in [0, 0.1) is 0 Å². The highest BCUT2D eigenvalue weighted by Gasteiger charge is 2.52. The number of carbonyl (C=O) groups excluding carboxylic acids is 3. The lowest BCUT2D eigenvalue weighted by Crippen LogP contribution is -2.42. The first kappa shape index (κ1) is 27.9. The zero-order valence-electron chi connectivity index (χ0n) is 22.8. The van der Waals surface area contributed by atoms with Gasteiger partial charge in [-0.15, -0.1) is 0 Å². The predicted octanol–water partition coefficient (Wildman–Crippen LogP) is 3.42. The second-order valence-electron chi connectivity index (χ2n) is 9.98. The summed E-state index contributed by atoms with van der Waals surface area (Å²) in [4.78, 5) is 56.6. The second-order valence-corrected chi connectivity index (χ2v) is 9.98. The summed E-state index contributed by atoms with van der Waals surface area (Å²) in [5.74, 6) is -1.58. The fourth-order valence-corrected chi connectivity index (χ4v) is 5.02. The van der Waals surface area contributed by atoms with Crippen LogP contribution in [0.3, 0.4) is 0 Å². The minimum atomic E-state index is -1.30. The van der Waals surface area contributed by atoms with E-state index in [2.05, 4.69) is 10.3 Å². The van der Waals surface area contributed by atoms with Gasteiger partial charge in [-0.3, -0.25) is 4.57 Å². The quantitative estimate of drug-likeness (QED) is 0.244. The third-order valence-corrected chi connectivity index (χ3v) is 7.17. The fourth-order valence-electron chi connectivity index (χ4n) is 5.02. The van der Waals surface area contributed by atoms with Crippen LogP contribution in [0.2, 0.25) is 0 Å². The molecule has 11 nitrogen and oxygen atoms in total. The number of nitrogens with zero attached hydrogens (tertiary/aromatic N) is 2. The molecule has 3 heterocycles. The van der Waals surface area contributed by atoms with Crippen LogP contribution in [0.4, 0.5) is 5.82 Å². The Morgan fingerprint density at radius 2 is 1.33 bits per heavy atom. The van der Waals surface area contributed by atoms with Crippen LogP contribution in [0.5, 0.6) is 0 Å². The van der Waals surface area contributed by atoms with Gasteiger partial charge in [0.15, 0.2) is 18.4 Å². The van der Waals surface area contributed by atoms with Crippen LogP contribution in [-0.4, -0.2) is 58.9 Å². The number of benzene rings is 3. The van der Waals surface area contributed by atoms with Crippen LogP contribution < -0.4 is 11.0 Å². The molecule has 3 aromatic carbocycles. The Bertz CT molecular complexity index is 1680. The van der Waals surface area contributed by atoms with Crippen molar-refractivity contribution >= 4 is 23.7 Å². The molecule has 1 saturated heterocycles. The molecule has 1 fully saturated rings. The van der Waals surface area contributed by atoms with Gasteiger partial charge in [0, 0.05) is 18.3 Å². The zero-order chi connectivity index (χ0) is 29.8. The van der Waals surface area contributed by atoms with Crippen LogP contribution in [0.1, 0.15) is 42.9 Å². The fraction of sp³-hybridized carbons (Fsp3) is 0.219. The van der Waals surface area contributed by atoms with Gasteiger partial charge in [-0.2, -0.15) is 4.98 Å². The van der Waals surface area contributed by atoms with E-state index in [4.69, 9.17) is 18.9 Å². The molecule has 4 aromatic rings. The number of fused-ring (bicyclic) bond motifs is 1. The summed E-state index contributed by atoms with van der Waals surface area (Å²) in [7, 11) is 0. The molecule has 0 amide bonds. The number of hydrogen-bond donors (Lipinski definition) is 1. The molecule has 2 aliphatic rings. The molecule has 4 atom stereocenters. The largest absolute Gasteiger partial charge is 0.459 e. The normalized spacial score (nSPS) is 20.5. The molecule has 218 valence electrons. The van der Waals surface area contributed by atoms with Crippen LogP contribution in [0.15, 0.2) is 102 Å². The first-order valence-electron chi connectivity index (χ1n) is 13.7. The number of rotatable bonds is 8. The van der Waals surface area contributed by atoms with Gasteiger partial charge in [-0.1, -0.05) is 54.6 Å². The maximum Gasteiger partial charge on any atom is 0.351 e. The van der Waals surface area contributed by atoms with Gasteiger partial charge in [0.2, 0.25) is 0 Å². The third-order valence-electron chi connectivity index (χ3n) is 7.17. The van der Waals surface area contributed by atoms with E-state index in [-0.39, 0.29) is 17.7 Å². The van der Waals surface area contributed by atoms with E-state index in [1.807, 2.05) is 0 Å². The molecule has 43 heavy (non-hydrogen) atoms. The molecule has 6 rings (SSSR count). The SMILES string of the molecule is O=C(OC[C@H]1O[C@@H](n2cc3c(nc2=O)NCC3)[C@H](OC(=O)c2ccccc2)[C@@H]1OC(=O)c1ccccc1)c1ccccc1. The highest BCUT2D eigenvalue weighted by molar-refractivity contribution is 5.91. The van der Waals surface area contributed by atoms with Crippen molar-refractivity contribution in [2.75, 3.05) is 18.5 Å². The minimum absolute atomic E-state index is 0.247. The zero-order valence-corrected chi connectivity index (χ0v) is 22.8. The van der Waals surface area contributed by atoms with Gasteiger partial charge < -0.3 is 24.3 Å². The van der Waals surface area contributed by atoms with Crippen molar-refractivity contribution < 1.29 is 33.3 Å². The van der Waals surface area contributed by atoms with Gasteiger partial charge in [-0.25, -0.2) is 19.2 Å². The Kier molecular flexibility index (Phi) is 7.96. The molecule has 1 aromatic heterocycles. The minimum Gasteiger partial charge on any atom is -0.459 e. The van der Waals surface area contributed by atoms with E-state index >= 15 is 0 Å². The van der Waals surface area contributed by atoms with Crippen molar-refractivity contribution in [3.63, 3.8) is 0 Å². The summed E-state index contributed by atoms with van der Waals surface area (Å²) in [5.41, 5.74) is 0.925. The first-order valence-corrected chi connectivity index (χ1v) is 13.7. The molecule has 0 bridgehead atoms. The Labute approximate surface area is 246 Å². The van der Waals surface area contributed by atoms with Gasteiger partial charge in [0.1, 0.15) is 18.5 Å². The Morgan fingerprint density at radius 1 is 0.791 bits per heavy atom. The van der Waals surface area contributed by atoms with Crippen LogP contribution >= 0.6 is 0 Å². The lowest BCUT2D eigenvalue weighted by atomic mass is 10.1. The molecule has 0 unspecified atom stereocenters. The highest BCUT2D eigenvalue weighted by Crippen LogP contribution is 2.35. The Balaban J connectivity index is 1.36. The Morgan fingerprint density at radius 3 is 1.91 bits per heavy atom. The van der Waals surface area contributed by atoms with Crippen LogP contribution in [0.25, 0.3) is 0 Å². The lowest BCUT2D eigenvalue weighted by molar-refractivity contribution is -0.0640. The first-order chi connectivity index (χ1) is 21.0. The third kappa shape index (κ3) is 6.02. The van der Waals surface area contributed by atoms with Crippen molar-refractivity contribution in [3.8, 4) is 0 Å². The standard InChI is InChI=1S/C32H27N3O8/c36-29(20-10-4-1-5-11-20)40-19-24-25(42-30(37)21-12-6-2-7-13-21)26(43-31(38)22-14-8-3-9-15-22)28(41-24)35-18-23-16-17-33-27(23)34-32(35)39/h1-15,18,24-26,28H,16-17,19H2,(H,33,34,39)/t24-,25-,26-,28-/m1/s1. The van der Waals surface area contributed by atoms with Crippen molar-refractivity contribution in [3.05, 3.63) is 130 Å². The predicted molar refractivity (Wildman–Crippen MR) is 153 cm³/mol. The molecular weight excluding hydrogens is 554 g/mol. The molecule has 0 spiro atoms. The molecule has 0 radical (unpaired) electrons. The molecule has 0 aliphatic carbocycles. The van der Waals surface area contributed by atoms with Gasteiger partial charge in [-0.05, 0) is 42.8 Å². The smallest absolute Gasteiger partial charge is 0.351 e. The lowest BCUT2D eigenvalue weighted by Gasteiger charge is -2.25. The molecule has 1 N–H and O–H groups in total. The van der Waals surface area contributed by atoms with E-state index in [1.165, 1.54) is 4.57 Å². The van der Waals surface area contributed by atoms with Crippen molar-refractivity contribution in [1.82, 2.24) is 9.55 Å². The Hall–Kier alpha value is -5.29. The van der Waals surface area contributed by atoms with Crippen molar-refractivity contribution in [2.24, 2.45) is 0 Å². The number of hydrogen-bond acceptors (Lipinski definition) is 10. The average Bonchev–Trinajstić information content (AvgIpc) is 3.64. The van der Waals surface area contributed by atoms with E-state index in [9.17, 15) is 19.2 Å². The number of nitrogens with one attached hydrogen (secondary N) is 1. The van der Waals surface area contributed by atoms with Gasteiger partial charge in [0.25, 0.3) is 0 Å². The molecule has 2 aliphatic heterocycles. The van der Waals surface area contributed by atoms with E-state index in [0.717, 1.165) is 5.56 Å². The number of ether oxygens (including phenoxy) is 4. The number of aromatic nitrogens is 2.